The summed E-state index contributed by atoms with van der Waals surface area (Å²) in [6, 6.07) is 8.15. The number of ether oxygens (including phenoxy) is 1. The number of imidazole rings is 1. The number of hydrogen-bond acceptors (Lipinski definition) is 7. The van der Waals surface area contributed by atoms with E-state index in [0.29, 0.717) is 43.5 Å². The first kappa shape index (κ1) is 26.7. The van der Waals surface area contributed by atoms with Crippen molar-refractivity contribution in [2.45, 2.75) is 52.1 Å². The molecule has 1 aliphatic heterocycles. The zero-order chi connectivity index (χ0) is 26.4. The number of fused-ring (bicyclic) bond motifs is 1. The van der Waals surface area contributed by atoms with Crippen LogP contribution in [0.1, 0.15) is 39.0 Å². The average molecular weight is 511 g/mol. The smallest absolute Gasteiger partial charge is 0.332 e. The van der Waals surface area contributed by atoms with Crippen LogP contribution in [0.25, 0.3) is 11.2 Å². The predicted molar refractivity (Wildman–Crippen MR) is 145 cm³/mol. The van der Waals surface area contributed by atoms with E-state index in [1.165, 1.54) is 9.13 Å². The molecule has 10 nitrogen and oxygen atoms in total. The van der Waals surface area contributed by atoms with Gasteiger partial charge in [0.2, 0.25) is 0 Å². The Morgan fingerprint density at radius 1 is 0.973 bits per heavy atom. The lowest BCUT2D eigenvalue weighted by molar-refractivity contribution is -0.117. The van der Waals surface area contributed by atoms with Crippen LogP contribution in [0.5, 0.6) is 5.75 Å². The maximum absolute atomic E-state index is 13.2. The molecule has 0 radical (unpaired) electrons. The van der Waals surface area contributed by atoms with Gasteiger partial charge in [-0.05, 0) is 51.3 Å². The highest BCUT2D eigenvalue weighted by Gasteiger charge is 2.20. The van der Waals surface area contributed by atoms with Gasteiger partial charge in [-0.15, -0.1) is 0 Å². The summed E-state index contributed by atoms with van der Waals surface area (Å²) >= 11 is 0. The first-order chi connectivity index (χ1) is 17.9. The number of methoxy groups -OCH3 is 1. The van der Waals surface area contributed by atoms with Crippen LogP contribution in [0, 0.1) is 0 Å². The topological polar surface area (TPSA) is 94.6 Å². The molecule has 0 atom stereocenters. The lowest BCUT2D eigenvalue weighted by Gasteiger charge is -2.36. The first-order valence-electron chi connectivity index (χ1n) is 13.1. The minimum atomic E-state index is -0.363. The molecule has 1 aromatic carbocycles. The molecule has 0 bridgehead atoms. The van der Waals surface area contributed by atoms with Crippen molar-refractivity contribution in [3.05, 3.63) is 51.4 Å². The molecule has 3 aromatic rings. The number of aromatic nitrogens is 4. The van der Waals surface area contributed by atoms with Gasteiger partial charge >= 0.3 is 5.69 Å². The lowest BCUT2D eigenvalue weighted by Crippen LogP contribution is -2.46. The van der Waals surface area contributed by atoms with Crippen LogP contribution < -0.4 is 20.9 Å². The summed E-state index contributed by atoms with van der Waals surface area (Å²) in [6.07, 6.45) is 5.33. The van der Waals surface area contributed by atoms with Crippen molar-refractivity contribution in [3.63, 3.8) is 0 Å². The first-order valence-corrected chi connectivity index (χ1v) is 13.1. The van der Waals surface area contributed by atoms with Crippen LogP contribution in [-0.2, 0) is 24.9 Å². The Morgan fingerprint density at radius 2 is 1.68 bits per heavy atom. The molecule has 3 heterocycles. The van der Waals surface area contributed by atoms with Crippen molar-refractivity contribution in [3.8, 4) is 5.75 Å². The third-order valence-corrected chi connectivity index (χ3v) is 7.18. The van der Waals surface area contributed by atoms with E-state index in [9.17, 15) is 14.4 Å². The number of rotatable bonds is 12. The second kappa shape index (κ2) is 12.2. The number of unbranched alkanes of at least 4 members (excludes halogenated alkanes) is 2. The fourth-order valence-corrected chi connectivity index (χ4v) is 5.05. The van der Waals surface area contributed by atoms with E-state index in [1.807, 2.05) is 22.8 Å². The van der Waals surface area contributed by atoms with Gasteiger partial charge in [-0.2, -0.15) is 0 Å². The molecule has 1 saturated heterocycles. The molecular formula is C27H38N6O4. The Labute approximate surface area is 217 Å². The third kappa shape index (κ3) is 6.12. The van der Waals surface area contributed by atoms with Gasteiger partial charge in [0.25, 0.3) is 5.56 Å². The number of aryl methyl sites for hydroxylation is 2. The predicted octanol–water partition coefficient (Wildman–Crippen LogP) is 2.27. The number of nitrogens with zero attached hydrogens (tertiary/aromatic N) is 6. The Kier molecular flexibility index (Phi) is 8.81. The van der Waals surface area contributed by atoms with Gasteiger partial charge in [0.15, 0.2) is 11.2 Å². The molecule has 37 heavy (non-hydrogen) atoms. The van der Waals surface area contributed by atoms with Crippen molar-refractivity contribution < 1.29 is 9.53 Å². The molecule has 0 unspecified atom stereocenters. The van der Waals surface area contributed by atoms with Gasteiger partial charge in [0.1, 0.15) is 11.5 Å². The van der Waals surface area contributed by atoms with Gasteiger partial charge in [-0.3, -0.25) is 18.8 Å². The van der Waals surface area contributed by atoms with Gasteiger partial charge in [0.05, 0.1) is 19.1 Å². The minimum Gasteiger partial charge on any atom is -0.495 e. The Hall–Kier alpha value is -3.40. The van der Waals surface area contributed by atoms with E-state index in [1.54, 1.807) is 27.4 Å². The zero-order valence-electron chi connectivity index (χ0n) is 22.2. The fourth-order valence-electron chi connectivity index (χ4n) is 5.05. The summed E-state index contributed by atoms with van der Waals surface area (Å²) in [6.45, 7) is 7.48. The standard InChI is InChI=1S/C27H38N6O4/c1-21(34)10-6-7-15-33-26(35)24-25(29(2)27(33)36)28-20-32(24)14-9-8-13-30-16-18-31(19-17-30)22-11-4-5-12-23(22)37-3/h4-5,11-12,20H,6-10,13-19H2,1-3H3. The van der Waals surface area contributed by atoms with Gasteiger partial charge in [-0.25, -0.2) is 9.78 Å². The van der Waals surface area contributed by atoms with Crippen LogP contribution in [0.2, 0.25) is 0 Å². The number of ketones is 1. The lowest BCUT2D eigenvalue weighted by atomic mass is 10.2. The van der Waals surface area contributed by atoms with Crippen molar-refractivity contribution in [1.82, 2.24) is 23.6 Å². The summed E-state index contributed by atoms with van der Waals surface area (Å²) < 4.78 is 10.1. The normalized spacial score (nSPS) is 14.4. The highest BCUT2D eigenvalue weighted by molar-refractivity contribution is 5.75. The maximum atomic E-state index is 13.2. The number of hydrogen-bond donors (Lipinski definition) is 0. The summed E-state index contributed by atoms with van der Waals surface area (Å²) in [5.41, 5.74) is 1.38. The van der Waals surface area contributed by atoms with E-state index in [4.69, 9.17) is 4.74 Å². The van der Waals surface area contributed by atoms with Crippen molar-refractivity contribution in [2.75, 3.05) is 44.7 Å². The number of piperazine rings is 1. The monoisotopic (exact) mass is 510 g/mol. The quantitative estimate of drug-likeness (QED) is 0.345. The van der Waals surface area contributed by atoms with E-state index in [2.05, 4.69) is 20.9 Å². The number of carbonyl (C=O) groups is 1. The summed E-state index contributed by atoms with van der Waals surface area (Å²) in [5, 5.41) is 0. The second-order valence-corrected chi connectivity index (χ2v) is 9.78. The zero-order valence-corrected chi connectivity index (χ0v) is 22.2. The highest BCUT2D eigenvalue weighted by Crippen LogP contribution is 2.28. The number of para-hydroxylation sites is 2. The van der Waals surface area contributed by atoms with Crippen LogP contribution in [0.15, 0.2) is 40.2 Å². The largest absolute Gasteiger partial charge is 0.495 e. The highest BCUT2D eigenvalue weighted by atomic mass is 16.5. The van der Waals surface area contributed by atoms with Crippen LogP contribution in [0.3, 0.4) is 0 Å². The minimum absolute atomic E-state index is 0.118. The molecule has 0 spiro atoms. The van der Waals surface area contributed by atoms with Crippen molar-refractivity contribution >= 4 is 22.6 Å². The van der Waals surface area contributed by atoms with Gasteiger partial charge in [0, 0.05) is 52.7 Å². The summed E-state index contributed by atoms with van der Waals surface area (Å²) in [7, 11) is 3.36. The third-order valence-electron chi connectivity index (χ3n) is 7.18. The number of carbonyl (C=O) groups excluding carboxylic acids is 1. The molecule has 2 aromatic heterocycles. The molecule has 10 heteroatoms. The van der Waals surface area contributed by atoms with Gasteiger partial charge in [-0.1, -0.05) is 12.1 Å². The number of anilines is 1. The molecule has 1 aliphatic rings. The summed E-state index contributed by atoms with van der Waals surface area (Å²) in [5.74, 6) is 1.03. The Bertz CT molecular complexity index is 1330. The molecule has 0 aliphatic carbocycles. The Morgan fingerprint density at radius 3 is 2.41 bits per heavy atom. The van der Waals surface area contributed by atoms with Crippen molar-refractivity contribution in [2.24, 2.45) is 7.05 Å². The molecule has 0 saturated carbocycles. The van der Waals surface area contributed by atoms with E-state index < -0.39 is 0 Å². The molecular weight excluding hydrogens is 472 g/mol. The molecule has 1 fully saturated rings. The summed E-state index contributed by atoms with van der Waals surface area (Å²) in [4.78, 5) is 46.3. The van der Waals surface area contributed by atoms with Crippen molar-refractivity contribution in [1.29, 1.82) is 0 Å². The molecule has 0 N–H and O–H groups in total. The van der Waals surface area contributed by atoms with E-state index in [-0.39, 0.29) is 17.0 Å². The molecule has 200 valence electrons. The maximum Gasteiger partial charge on any atom is 0.332 e. The number of Topliss-reactive ketones (excluding diaryl/α,β-unsaturated/α-hetero) is 1. The van der Waals surface area contributed by atoms with Crippen LogP contribution >= 0.6 is 0 Å². The van der Waals surface area contributed by atoms with Crippen LogP contribution in [0.4, 0.5) is 5.69 Å². The SMILES string of the molecule is COc1ccccc1N1CCN(CCCCn2cnc3c2c(=O)n(CCCCC(C)=O)c(=O)n3C)CC1. The average Bonchev–Trinajstić information content (AvgIpc) is 3.34. The number of benzene rings is 1. The van der Waals surface area contributed by atoms with Gasteiger partial charge < -0.3 is 19.0 Å². The Balaban J connectivity index is 1.31. The van der Waals surface area contributed by atoms with E-state index in [0.717, 1.165) is 57.0 Å². The second-order valence-electron chi connectivity index (χ2n) is 9.78. The van der Waals surface area contributed by atoms with E-state index >= 15 is 0 Å². The molecule has 0 amide bonds. The van der Waals surface area contributed by atoms with Crippen LogP contribution in [-0.4, -0.2) is 69.2 Å². The molecule has 4 rings (SSSR count). The fraction of sp³-hybridized carbons (Fsp3) is 0.556.